The number of rotatable bonds is 3. The van der Waals surface area contributed by atoms with Crippen LogP contribution in [0.3, 0.4) is 0 Å². The van der Waals surface area contributed by atoms with E-state index in [0.29, 0.717) is 6.07 Å². The number of hydrogen-bond acceptors (Lipinski definition) is 4. The van der Waals surface area contributed by atoms with Crippen LogP contribution in [0, 0.1) is 10.1 Å². The van der Waals surface area contributed by atoms with Gasteiger partial charge in [0.1, 0.15) is 5.56 Å². The van der Waals surface area contributed by atoms with Gasteiger partial charge in [-0.15, -0.1) is 0 Å². The Kier molecular flexibility index (Phi) is 3.70. The van der Waals surface area contributed by atoms with Gasteiger partial charge in [-0.2, -0.15) is 13.2 Å². The molecule has 0 fully saturated rings. The molecule has 114 valence electrons. The van der Waals surface area contributed by atoms with Gasteiger partial charge in [0, 0.05) is 6.54 Å². The molecule has 0 saturated heterocycles. The van der Waals surface area contributed by atoms with Crippen molar-refractivity contribution < 1.29 is 22.8 Å². The zero-order chi connectivity index (χ0) is 15.9. The van der Waals surface area contributed by atoms with E-state index in [1.807, 2.05) is 0 Å². The molecule has 1 aromatic carbocycles. The van der Waals surface area contributed by atoms with Crippen LogP contribution in [0.15, 0.2) is 6.07 Å². The van der Waals surface area contributed by atoms with Crippen molar-refractivity contribution >= 4 is 28.3 Å². The molecule has 0 aliphatic carbocycles. The maximum absolute atomic E-state index is 13.0. The van der Waals surface area contributed by atoms with Crippen molar-refractivity contribution in [1.82, 2.24) is 9.55 Å². The summed E-state index contributed by atoms with van der Waals surface area (Å²) >= 11 is 5.81. The molecule has 0 aliphatic rings. The lowest BCUT2D eigenvalue weighted by atomic mass is 10.1. The number of methoxy groups -OCH3 is 1. The molecule has 0 saturated carbocycles. The number of imidazole rings is 1. The molecule has 6 nitrogen and oxygen atoms in total. The molecule has 2 aromatic rings. The summed E-state index contributed by atoms with van der Waals surface area (Å²) in [7, 11) is 0.942. The monoisotopic (exact) mass is 323 g/mol. The van der Waals surface area contributed by atoms with Gasteiger partial charge in [-0.1, -0.05) is 0 Å². The Labute approximate surface area is 121 Å². The van der Waals surface area contributed by atoms with Crippen molar-refractivity contribution in [3.8, 4) is 5.75 Å². The van der Waals surface area contributed by atoms with Crippen LogP contribution in [-0.4, -0.2) is 21.6 Å². The van der Waals surface area contributed by atoms with E-state index in [0.717, 1.165) is 7.11 Å². The molecule has 21 heavy (non-hydrogen) atoms. The second-order valence-corrected chi connectivity index (χ2v) is 4.39. The lowest BCUT2D eigenvalue weighted by Gasteiger charge is -2.13. The van der Waals surface area contributed by atoms with E-state index in [9.17, 15) is 23.3 Å². The minimum atomic E-state index is -4.81. The Morgan fingerprint density at radius 1 is 1.52 bits per heavy atom. The third-order valence-electron chi connectivity index (χ3n) is 2.92. The molecule has 1 aromatic heterocycles. The molecule has 0 aliphatic heterocycles. The molecular formula is C11H9ClF3N3O3. The second kappa shape index (κ2) is 5.06. The molecule has 0 amide bonds. The van der Waals surface area contributed by atoms with Gasteiger partial charge in [0.2, 0.25) is 11.0 Å². The number of halogens is 4. The van der Waals surface area contributed by atoms with Crippen LogP contribution >= 0.6 is 11.6 Å². The van der Waals surface area contributed by atoms with E-state index in [4.69, 9.17) is 11.6 Å². The van der Waals surface area contributed by atoms with E-state index < -0.39 is 28.1 Å². The molecule has 2 rings (SSSR count). The van der Waals surface area contributed by atoms with Crippen LogP contribution in [0.1, 0.15) is 12.5 Å². The summed E-state index contributed by atoms with van der Waals surface area (Å²) in [5.41, 5.74) is -2.37. The van der Waals surface area contributed by atoms with E-state index in [1.165, 1.54) is 4.57 Å². The first-order valence-electron chi connectivity index (χ1n) is 5.70. The fourth-order valence-electron chi connectivity index (χ4n) is 2.11. The van der Waals surface area contributed by atoms with Gasteiger partial charge >= 0.3 is 11.9 Å². The average molecular weight is 324 g/mol. The fourth-order valence-corrected chi connectivity index (χ4v) is 2.40. The topological polar surface area (TPSA) is 70.2 Å². The summed E-state index contributed by atoms with van der Waals surface area (Å²) in [6.45, 7) is 1.85. The lowest BCUT2D eigenvalue weighted by Crippen LogP contribution is -2.10. The average Bonchev–Trinajstić information content (AvgIpc) is 2.69. The third kappa shape index (κ3) is 2.37. The standard InChI is InChI=1S/C11H9ClF3N3O3/c1-3-17-7-6(16-10(17)12)4-5(11(13,14)15)9(21-2)8(7)18(19)20/h4H,3H2,1-2H3. The van der Waals surface area contributed by atoms with Crippen LogP contribution < -0.4 is 4.74 Å². The van der Waals surface area contributed by atoms with Crippen molar-refractivity contribution in [2.24, 2.45) is 0 Å². The zero-order valence-electron chi connectivity index (χ0n) is 10.9. The first kappa shape index (κ1) is 15.4. The summed E-state index contributed by atoms with van der Waals surface area (Å²) in [5, 5.41) is 11.1. The van der Waals surface area contributed by atoms with Crippen LogP contribution in [-0.2, 0) is 12.7 Å². The third-order valence-corrected chi connectivity index (χ3v) is 3.21. The predicted octanol–water partition coefficient (Wildman–Crippen LogP) is 3.65. The minimum absolute atomic E-state index is 0.0997. The van der Waals surface area contributed by atoms with Crippen molar-refractivity contribution in [2.45, 2.75) is 19.6 Å². The molecule has 0 spiro atoms. The highest BCUT2D eigenvalue weighted by Crippen LogP contribution is 2.45. The van der Waals surface area contributed by atoms with E-state index >= 15 is 0 Å². The Morgan fingerprint density at radius 3 is 2.57 bits per heavy atom. The van der Waals surface area contributed by atoms with Crippen LogP contribution in [0.4, 0.5) is 18.9 Å². The molecule has 0 N–H and O–H groups in total. The molecule has 0 atom stereocenters. The number of ether oxygens (including phenoxy) is 1. The van der Waals surface area contributed by atoms with Gasteiger partial charge < -0.3 is 9.30 Å². The van der Waals surface area contributed by atoms with Crippen molar-refractivity contribution in [3.05, 3.63) is 27.0 Å². The first-order chi connectivity index (χ1) is 9.72. The normalized spacial score (nSPS) is 11.9. The Morgan fingerprint density at radius 2 is 2.14 bits per heavy atom. The largest absolute Gasteiger partial charge is 0.490 e. The minimum Gasteiger partial charge on any atom is -0.490 e. The Bertz CT molecular complexity index is 727. The maximum Gasteiger partial charge on any atom is 0.420 e. The number of nitrogens with zero attached hydrogens (tertiary/aromatic N) is 3. The number of alkyl halides is 3. The molecular weight excluding hydrogens is 315 g/mol. The van der Waals surface area contributed by atoms with E-state index in [2.05, 4.69) is 9.72 Å². The highest BCUT2D eigenvalue weighted by molar-refractivity contribution is 6.29. The summed E-state index contributed by atoms with van der Waals surface area (Å²) < 4.78 is 45.0. The van der Waals surface area contributed by atoms with Gasteiger partial charge in [0.25, 0.3) is 0 Å². The number of nitro benzene ring substituents is 1. The number of hydrogen-bond donors (Lipinski definition) is 0. The van der Waals surface area contributed by atoms with Gasteiger partial charge in [-0.05, 0) is 24.6 Å². The number of aryl methyl sites for hydroxylation is 1. The smallest absolute Gasteiger partial charge is 0.420 e. The summed E-state index contributed by atoms with van der Waals surface area (Å²) in [6.07, 6.45) is -4.81. The summed E-state index contributed by atoms with van der Waals surface area (Å²) in [6, 6.07) is 0.694. The highest BCUT2D eigenvalue weighted by atomic mass is 35.5. The highest BCUT2D eigenvalue weighted by Gasteiger charge is 2.40. The van der Waals surface area contributed by atoms with Gasteiger partial charge in [0.05, 0.1) is 17.5 Å². The molecule has 0 radical (unpaired) electrons. The van der Waals surface area contributed by atoms with E-state index in [1.54, 1.807) is 6.92 Å². The number of fused-ring (bicyclic) bond motifs is 1. The quantitative estimate of drug-likeness (QED) is 0.638. The molecule has 10 heteroatoms. The van der Waals surface area contributed by atoms with E-state index in [-0.39, 0.29) is 22.9 Å². The molecule has 1 heterocycles. The fraction of sp³-hybridized carbons (Fsp3) is 0.364. The van der Waals surface area contributed by atoms with Gasteiger partial charge in [0.15, 0.2) is 5.52 Å². The second-order valence-electron chi connectivity index (χ2n) is 4.05. The lowest BCUT2D eigenvalue weighted by molar-refractivity contribution is -0.384. The van der Waals surface area contributed by atoms with Gasteiger partial charge in [-0.25, -0.2) is 4.98 Å². The maximum atomic E-state index is 13.0. The zero-order valence-corrected chi connectivity index (χ0v) is 11.6. The van der Waals surface area contributed by atoms with Crippen LogP contribution in [0.5, 0.6) is 5.75 Å². The van der Waals surface area contributed by atoms with Crippen LogP contribution in [0.2, 0.25) is 5.28 Å². The van der Waals surface area contributed by atoms with Crippen molar-refractivity contribution in [3.63, 3.8) is 0 Å². The van der Waals surface area contributed by atoms with Gasteiger partial charge in [-0.3, -0.25) is 10.1 Å². The summed E-state index contributed by atoms with van der Waals surface area (Å²) in [4.78, 5) is 14.0. The van der Waals surface area contributed by atoms with Crippen LogP contribution in [0.25, 0.3) is 11.0 Å². The SMILES string of the molecule is CCn1c(Cl)nc2cc(C(F)(F)F)c(OC)c([N+](=O)[O-])c21. The number of benzene rings is 1. The first-order valence-corrected chi connectivity index (χ1v) is 6.08. The Hall–Kier alpha value is -2.03. The van der Waals surface area contributed by atoms with Crippen molar-refractivity contribution in [1.29, 1.82) is 0 Å². The summed E-state index contributed by atoms with van der Waals surface area (Å²) in [5.74, 6) is -0.855. The van der Waals surface area contributed by atoms with Crippen molar-refractivity contribution in [2.75, 3.05) is 7.11 Å². The molecule has 0 unspecified atom stereocenters. The molecule has 0 bridgehead atoms. The Balaban J connectivity index is 3.03. The predicted molar refractivity (Wildman–Crippen MR) is 68.6 cm³/mol. The number of nitro groups is 1. The number of aromatic nitrogens is 2.